The molecule has 0 amide bonds. The minimum atomic E-state index is 0.333. The highest BCUT2D eigenvalue weighted by Gasteiger charge is 2.23. The molecule has 2 aliphatic rings. The van der Waals surface area contributed by atoms with Gasteiger partial charge in [-0.05, 0) is 37.6 Å². The van der Waals surface area contributed by atoms with Crippen LogP contribution in [-0.2, 0) is 19.5 Å². The van der Waals surface area contributed by atoms with Gasteiger partial charge in [-0.1, -0.05) is 0 Å². The van der Waals surface area contributed by atoms with Crippen LogP contribution in [0.1, 0.15) is 41.5 Å². The number of hydrogen-bond donors (Lipinski definition) is 1. The summed E-state index contributed by atoms with van der Waals surface area (Å²) in [6.07, 6.45) is 5.33. The lowest BCUT2D eigenvalue weighted by atomic mass is 10.1. The molecular weight excluding hydrogens is 328 g/mol. The number of benzene rings is 1. The van der Waals surface area contributed by atoms with Gasteiger partial charge in [0, 0.05) is 49.1 Å². The van der Waals surface area contributed by atoms with Crippen LogP contribution in [0.4, 0.5) is 0 Å². The molecule has 26 heavy (non-hydrogen) atoms. The first-order valence-corrected chi connectivity index (χ1v) is 9.28. The standard InChI is InChI=1S/C20H26N4O2/c1-25-16-5-6-19(26-2)14(10-16)12-24-9-7-17-15(13-24)11-22-20(23-17)18-4-3-8-21-18/h5-6,10-11,18,21H,3-4,7-9,12-13H2,1-2H3/t18-/m0/s1. The Bertz CT molecular complexity index is 774. The highest BCUT2D eigenvalue weighted by molar-refractivity contribution is 5.40. The Morgan fingerprint density at radius 3 is 2.96 bits per heavy atom. The second-order valence-corrected chi connectivity index (χ2v) is 6.99. The molecule has 1 aromatic carbocycles. The second kappa shape index (κ2) is 7.60. The Hall–Kier alpha value is -2.18. The molecule has 0 bridgehead atoms. The van der Waals surface area contributed by atoms with Crippen molar-refractivity contribution in [3.05, 3.63) is 47.0 Å². The Balaban J connectivity index is 1.48. The lowest BCUT2D eigenvalue weighted by Gasteiger charge is -2.29. The summed E-state index contributed by atoms with van der Waals surface area (Å²) in [5.74, 6) is 2.72. The summed E-state index contributed by atoms with van der Waals surface area (Å²) < 4.78 is 10.9. The molecule has 2 aromatic rings. The largest absolute Gasteiger partial charge is 0.497 e. The Morgan fingerprint density at radius 1 is 1.27 bits per heavy atom. The molecule has 4 rings (SSSR count). The number of hydrogen-bond acceptors (Lipinski definition) is 6. The van der Waals surface area contributed by atoms with Crippen LogP contribution in [0, 0.1) is 0 Å². The van der Waals surface area contributed by atoms with Crippen LogP contribution < -0.4 is 14.8 Å². The number of methoxy groups -OCH3 is 2. The lowest BCUT2D eigenvalue weighted by molar-refractivity contribution is 0.238. The van der Waals surface area contributed by atoms with Crippen LogP contribution >= 0.6 is 0 Å². The van der Waals surface area contributed by atoms with Crippen molar-refractivity contribution in [2.75, 3.05) is 27.3 Å². The van der Waals surface area contributed by atoms with Crippen molar-refractivity contribution in [1.82, 2.24) is 20.2 Å². The van der Waals surface area contributed by atoms with E-state index < -0.39 is 0 Å². The molecule has 0 saturated carbocycles. The average Bonchev–Trinajstić information content (AvgIpc) is 3.22. The number of rotatable bonds is 5. The van der Waals surface area contributed by atoms with Gasteiger partial charge in [-0.15, -0.1) is 0 Å². The fraction of sp³-hybridized carbons (Fsp3) is 0.500. The van der Waals surface area contributed by atoms with Crippen LogP contribution in [-0.4, -0.2) is 42.2 Å². The van der Waals surface area contributed by atoms with Gasteiger partial charge in [-0.2, -0.15) is 0 Å². The molecule has 1 fully saturated rings. The molecule has 1 aromatic heterocycles. The quantitative estimate of drug-likeness (QED) is 0.890. The third kappa shape index (κ3) is 3.52. The zero-order valence-corrected chi connectivity index (χ0v) is 15.5. The van der Waals surface area contributed by atoms with Crippen LogP contribution in [0.3, 0.4) is 0 Å². The van der Waals surface area contributed by atoms with E-state index in [9.17, 15) is 0 Å². The van der Waals surface area contributed by atoms with E-state index >= 15 is 0 Å². The molecule has 3 heterocycles. The van der Waals surface area contributed by atoms with E-state index in [-0.39, 0.29) is 0 Å². The lowest BCUT2D eigenvalue weighted by Crippen LogP contribution is -2.31. The van der Waals surface area contributed by atoms with Gasteiger partial charge in [-0.3, -0.25) is 4.90 Å². The normalized spacial score (nSPS) is 20.0. The summed E-state index contributed by atoms with van der Waals surface area (Å²) in [5.41, 5.74) is 3.58. The molecule has 0 aliphatic carbocycles. The van der Waals surface area contributed by atoms with Gasteiger partial charge >= 0.3 is 0 Å². The first-order valence-electron chi connectivity index (χ1n) is 9.28. The summed E-state index contributed by atoms with van der Waals surface area (Å²) in [6.45, 7) is 3.75. The molecule has 2 aliphatic heterocycles. The summed E-state index contributed by atoms with van der Waals surface area (Å²) in [6, 6.07) is 6.29. The van der Waals surface area contributed by atoms with E-state index in [0.29, 0.717) is 6.04 Å². The number of ether oxygens (including phenoxy) is 2. The van der Waals surface area contributed by atoms with Gasteiger partial charge in [-0.25, -0.2) is 9.97 Å². The van der Waals surface area contributed by atoms with Crippen LogP contribution in [0.25, 0.3) is 0 Å². The molecule has 1 N–H and O–H groups in total. The first kappa shape index (κ1) is 17.2. The van der Waals surface area contributed by atoms with E-state index in [2.05, 4.69) is 21.3 Å². The van der Waals surface area contributed by atoms with Crippen LogP contribution in [0.2, 0.25) is 0 Å². The van der Waals surface area contributed by atoms with Crippen molar-refractivity contribution in [2.24, 2.45) is 0 Å². The van der Waals surface area contributed by atoms with Crippen molar-refractivity contribution in [3.8, 4) is 11.5 Å². The van der Waals surface area contributed by atoms with E-state index in [1.165, 1.54) is 17.7 Å². The SMILES string of the molecule is COc1ccc(OC)c(CN2CCc3nc([C@@H]4CCCN4)ncc3C2)c1. The molecule has 6 nitrogen and oxygen atoms in total. The monoisotopic (exact) mass is 354 g/mol. The van der Waals surface area contributed by atoms with Crippen molar-refractivity contribution >= 4 is 0 Å². The minimum absolute atomic E-state index is 0.333. The maximum atomic E-state index is 5.51. The molecule has 0 radical (unpaired) electrons. The molecular formula is C20H26N4O2. The third-order valence-electron chi connectivity index (χ3n) is 5.29. The number of aromatic nitrogens is 2. The number of fused-ring (bicyclic) bond motifs is 1. The van der Waals surface area contributed by atoms with Gasteiger partial charge in [0.25, 0.3) is 0 Å². The van der Waals surface area contributed by atoms with E-state index in [1.807, 2.05) is 18.3 Å². The third-order valence-corrected chi connectivity index (χ3v) is 5.29. The van der Waals surface area contributed by atoms with Gasteiger partial charge in [0.05, 0.1) is 20.3 Å². The number of nitrogens with one attached hydrogen (secondary N) is 1. The van der Waals surface area contributed by atoms with Crippen molar-refractivity contribution < 1.29 is 9.47 Å². The van der Waals surface area contributed by atoms with E-state index in [1.54, 1.807) is 14.2 Å². The fourth-order valence-corrected chi connectivity index (χ4v) is 3.84. The highest BCUT2D eigenvalue weighted by Crippen LogP contribution is 2.28. The Morgan fingerprint density at radius 2 is 2.19 bits per heavy atom. The van der Waals surface area contributed by atoms with Crippen molar-refractivity contribution in [2.45, 2.75) is 38.4 Å². The summed E-state index contributed by atoms with van der Waals surface area (Å²) >= 11 is 0. The summed E-state index contributed by atoms with van der Waals surface area (Å²) in [4.78, 5) is 11.9. The fourth-order valence-electron chi connectivity index (χ4n) is 3.84. The van der Waals surface area contributed by atoms with Gasteiger partial charge < -0.3 is 14.8 Å². The Labute approximate surface area is 154 Å². The van der Waals surface area contributed by atoms with Gasteiger partial charge in [0.15, 0.2) is 0 Å². The highest BCUT2D eigenvalue weighted by atomic mass is 16.5. The van der Waals surface area contributed by atoms with Crippen LogP contribution in [0.5, 0.6) is 11.5 Å². The zero-order chi connectivity index (χ0) is 17.9. The first-order chi connectivity index (χ1) is 12.8. The Kier molecular flexibility index (Phi) is 5.04. The van der Waals surface area contributed by atoms with E-state index in [4.69, 9.17) is 14.5 Å². The topological polar surface area (TPSA) is 59.5 Å². The van der Waals surface area contributed by atoms with Crippen molar-refractivity contribution in [3.63, 3.8) is 0 Å². The molecule has 1 saturated heterocycles. The maximum absolute atomic E-state index is 5.51. The molecule has 0 spiro atoms. The molecule has 6 heteroatoms. The van der Waals surface area contributed by atoms with Gasteiger partial charge in [0.2, 0.25) is 0 Å². The minimum Gasteiger partial charge on any atom is -0.497 e. The van der Waals surface area contributed by atoms with Crippen LogP contribution in [0.15, 0.2) is 24.4 Å². The summed E-state index contributed by atoms with van der Waals surface area (Å²) in [7, 11) is 3.40. The zero-order valence-electron chi connectivity index (χ0n) is 15.5. The van der Waals surface area contributed by atoms with Gasteiger partial charge in [0.1, 0.15) is 17.3 Å². The second-order valence-electron chi connectivity index (χ2n) is 6.99. The smallest absolute Gasteiger partial charge is 0.145 e. The average molecular weight is 354 g/mol. The molecule has 0 unspecified atom stereocenters. The predicted octanol–water partition coefficient (Wildman–Crippen LogP) is 2.48. The summed E-state index contributed by atoms with van der Waals surface area (Å²) in [5, 5.41) is 3.48. The maximum Gasteiger partial charge on any atom is 0.145 e. The molecule has 1 atom stereocenters. The number of nitrogens with zero attached hydrogens (tertiary/aromatic N) is 3. The predicted molar refractivity (Wildman–Crippen MR) is 99.4 cm³/mol. The van der Waals surface area contributed by atoms with Crippen molar-refractivity contribution in [1.29, 1.82) is 0 Å². The molecule has 138 valence electrons. The van der Waals surface area contributed by atoms with E-state index in [0.717, 1.165) is 61.9 Å².